The first kappa shape index (κ1) is 11.8. The molecule has 0 aromatic heterocycles. The van der Waals surface area contributed by atoms with Crippen LogP contribution in [0, 0.1) is 5.82 Å². The molecule has 0 spiro atoms. The number of halogens is 1. The van der Waals surface area contributed by atoms with E-state index in [1.807, 2.05) is 0 Å². The van der Waals surface area contributed by atoms with Crippen molar-refractivity contribution in [2.75, 3.05) is 19.8 Å². The molecule has 0 saturated heterocycles. The Bertz CT molecular complexity index is 328. The van der Waals surface area contributed by atoms with E-state index < -0.39 is 0 Å². The van der Waals surface area contributed by atoms with Crippen molar-refractivity contribution >= 4 is 5.78 Å². The molecular formula is C11H14FNO2. The van der Waals surface area contributed by atoms with Crippen LogP contribution in [0.5, 0.6) is 0 Å². The SMILES string of the molecule is NCCOCC(=O)Cc1ccccc1F. The largest absolute Gasteiger partial charge is 0.372 e. The molecule has 0 aliphatic carbocycles. The van der Waals surface area contributed by atoms with E-state index in [1.165, 1.54) is 6.07 Å². The van der Waals surface area contributed by atoms with Crippen LogP contribution in [0.4, 0.5) is 4.39 Å². The second-order valence-electron chi connectivity index (χ2n) is 3.15. The highest BCUT2D eigenvalue weighted by molar-refractivity contribution is 5.82. The molecule has 15 heavy (non-hydrogen) atoms. The molecule has 0 amide bonds. The number of carbonyl (C=O) groups is 1. The fraction of sp³-hybridized carbons (Fsp3) is 0.364. The lowest BCUT2D eigenvalue weighted by Crippen LogP contribution is -2.16. The quantitative estimate of drug-likeness (QED) is 0.712. The molecule has 0 aliphatic heterocycles. The monoisotopic (exact) mass is 211 g/mol. The maximum atomic E-state index is 13.1. The zero-order valence-corrected chi connectivity index (χ0v) is 8.41. The summed E-state index contributed by atoms with van der Waals surface area (Å²) >= 11 is 0. The third-order valence-corrected chi connectivity index (χ3v) is 1.87. The molecule has 0 fully saturated rings. The van der Waals surface area contributed by atoms with Crippen molar-refractivity contribution in [2.45, 2.75) is 6.42 Å². The Morgan fingerprint density at radius 2 is 2.13 bits per heavy atom. The average Bonchev–Trinajstić information content (AvgIpc) is 2.22. The van der Waals surface area contributed by atoms with Crippen molar-refractivity contribution in [3.63, 3.8) is 0 Å². The zero-order chi connectivity index (χ0) is 11.1. The van der Waals surface area contributed by atoms with Gasteiger partial charge in [-0.1, -0.05) is 18.2 Å². The highest BCUT2D eigenvalue weighted by atomic mass is 19.1. The van der Waals surface area contributed by atoms with Crippen LogP contribution in [0.2, 0.25) is 0 Å². The van der Waals surface area contributed by atoms with Crippen molar-refractivity contribution in [2.24, 2.45) is 5.73 Å². The van der Waals surface area contributed by atoms with Crippen LogP contribution in [-0.4, -0.2) is 25.5 Å². The number of ether oxygens (including phenoxy) is 1. The predicted molar refractivity (Wildman–Crippen MR) is 55.0 cm³/mol. The van der Waals surface area contributed by atoms with Crippen LogP contribution in [0.3, 0.4) is 0 Å². The molecule has 3 nitrogen and oxygen atoms in total. The summed E-state index contributed by atoms with van der Waals surface area (Å²) in [6.45, 7) is 0.724. The number of Topliss-reactive ketones (excluding diaryl/α,β-unsaturated/α-hetero) is 1. The molecule has 0 radical (unpaired) electrons. The van der Waals surface area contributed by atoms with Crippen molar-refractivity contribution in [3.8, 4) is 0 Å². The molecule has 0 atom stereocenters. The standard InChI is InChI=1S/C11H14FNO2/c12-11-4-2-1-3-9(11)7-10(14)8-15-6-5-13/h1-4H,5-8,13H2. The molecular weight excluding hydrogens is 197 g/mol. The van der Waals surface area contributed by atoms with E-state index in [9.17, 15) is 9.18 Å². The molecule has 0 aliphatic rings. The third-order valence-electron chi connectivity index (χ3n) is 1.87. The van der Waals surface area contributed by atoms with E-state index in [0.29, 0.717) is 18.7 Å². The highest BCUT2D eigenvalue weighted by Gasteiger charge is 2.07. The van der Waals surface area contributed by atoms with E-state index in [0.717, 1.165) is 0 Å². The Balaban J connectivity index is 2.41. The zero-order valence-electron chi connectivity index (χ0n) is 8.41. The van der Waals surface area contributed by atoms with Crippen molar-refractivity contribution in [3.05, 3.63) is 35.6 Å². The number of hydrogen-bond acceptors (Lipinski definition) is 3. The number of benzene rings is 1. The van der Waals surface area contributed by atoms with E-state index in [1.54, 1.807) is 18.2 Å². The van der Waals surface area contributed by atoms with Gasteiger partial charge in [0.1, 0.15) is 12.4 Å². The van der Waals surface area contributed by atoms with Crippen molar-refractivity contribution in [1.82, 2.24) is 0 Å². The maximum Gasteiger partial charge on any atom is 0.162 e. The molecule has 1 rings (SSSR count). The van der Waals surface area contributed by atoms with E-state index in [-0.39, 0.29) is 24.6 Å². The minimum absolute atomic E-state index is 0.00840. The second kappa shape index (κ2) is 6.27. The summed E-state index contributed by atoms with van der Waals surface area (Å²) in [5.74, 6) is -0.502. The molecule has 2 N–H and O–H groups in total. The first-order valence-corrected chi connectivity index (χ1v) is 4.77. The van der Waals surface area contributed by atoms with Gasteiger partial charge in [0.15, 0.2) is 5.78 Å². The van der Waals surface area contributed by atoms with Gasteiger partial charge >= 0.3 is 0 Å². The predicted octanol–water partition coefficient (Wildman–Crippen LogP) is 0.913. The van der Waals surface area contributed by atoms with Crippen molar-refractivity contribution < 1.29 is 13.9 Å². The summed E-state index contributed by atoms with van der Waals surface area (Å²) in [6, 6.07) is 6.22. The summed E-state index contributed by atoms with van der Waals surface area (Å²) in [7, 11) is 0. The lowest BCUT2D eigenvalue weighted by molar-refractivity contribution is -0.122. The van der Waals surface area contributed by atoms with Gasteiger partial charge in [0.25, 0.3) is 0 Å². The summed E-state index contributed by atoms with van der Waals surface area (Å²) in [5, 5.41) is 0. The normalized spacial score (nSPS) is 10.3. The van der Waals surface area contributed by atoms with Gasteiger partial charge in [-0.3, -0.25) is 4.79 Å². The first-order chi connectivity index (χ1) is 7.24. The van der Waals surface area contributed by atoms with E-state index in [4.69, 9.17) is 10.5 Å². The lowest BCUT2D eigenvalue weighted by Gasteiger charge is -2.03. The molecule has 0 bridgehead atoms. The van der Waals surface area contributed by atoms with Gasteiger partial charge in [-0.05, 0) is 11.6 Å². The fourth-order valence-corrected chi connectivity index (χ4v) is 1.17. The third kappa shape index (κ3) is 4.18. The Hall–Kier alpha value is -1.26. The Morgan fingerprint density at radius 3 is 2.80 bits per heavy atom. The summed E-state index contributed by atoms with van der Waals surface area (Å²) in [4.78, 5) is 11.3. The second-order valence-corrected chi connectivity index (χ2v) is 3.15. The number of nitrogens with two attached hydrogens (primary N) is 1. The Labute approximate surface area is 88.0 Å². The number of ketones is 1. The van der Waals surface area contributed by atoms with Gasteiger partial charge in [0.2, 0.25) is 0 Å². The topological polar surface area (TPSA) is 52.3 Å². The van der Waals surface area contributed by atoms with Gasteiger partial charge in [0, 0.05) is 13.0 Å². The highest BCUT2D eigenvalue weighted by Crippen LogP contribution is 2.07. The van der Waals surface area contributed by atoms with Crippen molar-refractivity contribution in [1.29, 1.82) is 0 Å². The van der Waals surface area contributed by atoms with Crippen LogP contribution in [0.1, 0.15) is 5.56 Å². The van der Waals surface area contributed by atoms with Crippen LogP contribution in [-0.2, 0) is 16.0 Å². The molecule has 82 valence electrons. The molecule has 4 heteroatoms. The van der Waals surface area contributed by atoms with E-state index in [2.05, 4.69) is 0 Å². The average molecular weight is 211 g/mol. The summed E-state index contributed by atoms with van der Waals surface area (Å²) in [6.07, 6.45) is 0.0667. The van der Waals surface area contributed by atoms with Crippen LogP contribution >= 0.6 is 0 Å². The smallest absolute Gasteiger partial charge is 0.162 e. The minimum Gasteiger partial charge on any atom is -0.372 e. The Morgan fingerprint density at radius 1 is 1.40 bits per heavy atom. The minimum atomic E-state index is -0.357. The fourth-order valence-electron chi connectivity index (χ4n) is 1.17. The molecule has 0 heterocycles. The van der Waals surface area contributed by atoms with Gasteiger partial charge in [-0.2, -0.15) is 0 Å². The van der Waals surface area contributed by atoms with Gasteiger partial charge < -0.3 is 10.5 Å². The molecule has 1 aromatic rings. The van der Waals surface area contributed by atoms with Crippen LogP contribution in [0.15, 0.2) is 24.3 Å². The van der Waals surface area contributed by atoms with Crippen LogP contribution in [0.25, 0.3) is 0 Å². The molecule has 1 aromatic carbocycles. The number of hydrogen-bond donors (Lipinski definition) is 1. The number of carbonyl (C=O) groups excluding carboxylic acids is 1. The van der Waals surface area contributed by atoms with Crippen LogP contribution < -0.4 is 5.73 Å². The summed E-state index contributed by atoms with van der Waals surface area (Å²) < 4.78 is 18.1. The van der Waals surface area contributed by atoms with Gasteiger partial charge in [0.05, 0.1) is 6.61 Å². The van der Waals surface area contributed by atoms with E-state index >= 15 is 0 Å². The summed E-state index contributed by atoms with van der Waals surface area (Å²) in [5.41, 5.74) is 5.60. The van der Waals surface area contributed by atoms with Gasteiger partial charge in [-0.25, -0.2) is 4.39 Å². The molecule has 0 unspecified atom stereocenters. The Kier molecular flexibility index (Phi) is 4.93. The lowest BCUT2D eigenvalue weighted by atomic mass is 10.1. The maximum absolute atomic E-state index is 13.1. The number of rotatable bonds is 6. The van der Waals surface area contributed by atoms with Gasteiger partial charge in [-0.15, -0.1) is 0 Å². The first-order valence-electron chi connectivity index (χ1n) is 4.77. The molecule has 0 saturated carbocycles.